The third-order valence-electron chi connectivity index (χ3n) is 6.74. The van der Waals surface area contributed by atoms with Gasteiger partial charge in [-0.05, 0) is 68.2 Å². The number of likely N-dealkylation sites (tertiary alicyclic amines) is 2. The molecule has 0 radical (unpaired) electrons. The predicted octanol–water partition coefficient (Wildman–Crippen LogP) is 3.15. The maximum atomic E-state index is 13.2. The van der Waals surface area contributed by atoms with Crippen LogP contribution in [0.5, 0.6) is 5.75 Å². The number of alkyl halides is 3. The van der Waals surface area contributed by atoms with Gasteiger partial charge in [-0.15, -0.1) is 24.5 Å². The van der Waals surface area contributed by atoms with Gasteiger partial charge in [0.1, 0.15) is 11.8 Å². The van der Waals surface area contributed by atoms with Crippen LogP contribution in [0.2, 0.25) is 4.34 Å². The van der Waals surface area contributed by atoms with E-state index in [-0.39, 0.29) is 31.0 Å². The summed E-state index contributed by atoms with van der Waals surface area (Å²) in [5.41, 5.74) is 0. The quantitative estimate of drug-likeness (QED) is 0.370. The van der Waals surface area contributed by atoms with E-state index in [1.54, 1.807) is 12.1 Å². The van der Waals surface area contributed by atoms with Crippen molar-refractivity contribution in [3.05, 3.63) is 51.0 Å². The number of amides is 2. The molecule has 0 saturated carbocycles. The topological polar surface area (TPSA) is 142 Å². The normalized spacial score (nSPS) is 20.2. The number of nitrogens with zero attached hydrogens (tertiary/aromatic N) is 2. The van der Waals surface area contributed by atoms with E-state index in [0.717, 1.165) is 29.7 Å². The Morgan fingerprint density at radius 3 is 2.42 bits per heavy atom. The van der Waals surface area contributed by atoms with Gasteiger partial charge in [-0.2, -0.15) is 4.72 Å². The van der Waals surface area contributed by atoms with E-state index in [4.69, 9.17) is 11.6 Å². The van der Waals surface area contributed by atoms with Gasteiger partial charge in [0.2, 0.25) is 31.9 Å². The molecule has 1 aromatic carbocycles. The van der Waals surface area contributed by atoms with E-state index in [2.05, 4.69) is 14.2 Å². The molecule has 1 aromatic heterocycles. The summed E-state index contributed by atoms with van der Waals surface area (Å²) in [6.45, 7) is 0.146. The number of carbonyl (C=O) groups is 2. The van der Waals surface area contributed by atoms with Crippen molar-refractivity contribution in [1.29, 1.82) is 0 Å². The van der Waals surface area contributed by atoms with Gasteiger partial charge in [0, 0.05) is 36.0 Å². The Labute approximate surface area is 255 Å². The maximum Gasteiger partial charge on any atom is 0.573 e. The van der Waals surface area contributed by atoms with Crippen LogP contribution >= 0.6 is 22.9 Å². The van der Waals surface area contributed by atoms with Crippen LogP contribution in [-0.2, 0) is 29.6 Å². The zero-order valence-electron chi connectivity index (χ0n) is 22.4. The summed E-state index contributed by atoms with van der Waals surface area (Å²) < 4.78 is 96.6. The maximum absolute atomic E-state index is 13.2. The van der Waals surface area contributed by atoms with Crippen LogP contribution in [0.15, 0.2) is 46.7 Å². The molecule has 2 fully saturated rings. The van der Waals surface area contributed by atoms with E-state index in [9.17, 15) is 39.6 Å². The Bertz CT molecular complexity index is 1560. The lowest BCUT2D eigenvalue weighted by Gasteiger charge is -2.34. The molecule has 11 nitrogen and oxygen atoms in total. The van der Waals surface area contributed by atoms with Crippen molar-refractivity contribution in [3.8, 4) is 5.75 Å². The Morgan fingerprint density at radius 2 is 1.77 bits per heavy atom. The fourth-order valence-electron chi connectivity index (χ4n) is 4.76. The fraction of sp³-hybridized carbons (Fsp3) is 0.440. The molecular weight excluding hydrogens is 657 g/mol. The highest BCUT2D eigenvalue weighted by Gasteiger charge is 2.36. The second-order valence-corrected chi connectivity index (χ2v) is 14.9. The van der Waals surface area contributed by atoms with Gasteiger partial charge in [-0.3, -0.25) is 9.59 Å². The largest absolute Gasteiger partial charge is 0.573 e. The van der Waals surface area contributed by atoms with E-state index < -0.39 is 56.1 Å². The van der Waals surface area contributed by atoms with Crippen LogP contribution in [0.4, 0.5) is 13.2 Å². The van der Waals surface area contributed by atoms with Gasteiger partial charge in [-0.1, -0.05) is 11.6 Å². The highest BCUT2D eigenvalue weighted by atomic mass is 35.5. The standard InChI is InChI=1S/C25H28ClF3N4O7S3/c26-22-10-7-19(41-22)11-14-42(36,37)31-21-4-2-12-32(24(21)35)16-23(34)33-13-1-3-17(33)15-30-43(38,39)20-8-5-18(6-9-20)40-25(27,28)29/h5-11,14,17,21,30-31H,1-4,12-13,15-16H2/b14-11+. The molecule has 0 bridgehead atoms. The zero-order valence-corrected chi connectivity index (χ0v) is 25.6. The van der Waals surface area contributed by atoms with Crippen LogP contribution in [0.25, 0.3) is 6.08 Å². The van der Waals surface area contributed by atoms with Gasteiger partial charge < -0.3 is 14.5 Å². The van der Waals surface area contributed by atoms with E-state index in [1.807, 2.05) is 0 Å². The molecule has 2 N–H and O–H groups in total. The second kappa shape index (κ2) is 13.5. The summed E-state index contributed by atoms with van der Waals surface area (Å²) >= 11 is 7.05. The van der Waals surface area contributed by atoms with Crippen LogP contribution in [0.1, 0.15) is 30.6 Å². The van der Waals surface area contributed by atoms with Gasteiger partial charge in [0.05, 0.1) is 15.8 Å². The monoisotopic (exact) mass is 684 g/mol. The average molecular weight is 685 g/mol. The molecule has 43 heavy (non-hydrogen) atoms. The number of halogens is 4. The lowest BCUT2D eigenvalue weighted by atomic mass is 10.1. The molecular formula is C25H28ClF3N4O7S3. The first kappa shape index (κ1) is 33.2. The number of nitrogens with one attached hydrogen (secondary N) is 2. The molecule has 0 spiro atoms. The molecule has 18 heteroatoms. The zero-order chi connectivity index (χ0) is 31.4. The Kier molecular flexibility index (Phi) is 10.4. The lowest BCUT2D eigenvalue weighted by Crippen LogP contribution is -2.55. The van der Waals surface area contributed by atoms with Gasteiger partial charge in [-0.25, -0.2) is 21.6 Å². The number of piperidine rings is 1. The van der Waals surface area contributed by atoms with Crippen LogP contribution in [0.3, 0.4) is 0 Å². The van der Waals surface area contributed by atoms with Crippen molar-refractivity contribution in [2.24, 2.45) is 0 Å². The molecule has 2 aromatic rings. The number of rotatable bonds is 11. The van der Waals surface area contributed by atoms with Gasteiger partial charge in [0.15, 0.2) is 0 Å². The number of benzene rings is 1. The highest BCUT2D eigenvalue weighted by Crippen LogP contribution is 2.25. The minimum atomic E-state index is -4.91. The van der Waals surface area contributed by atoms with E-state index >= 15 is 0 Å². The first-order chi connectivity index (χ1) is 20.1. The molecule has 2 saturated heterocycles. The minimum Gasteiger partial charge on any atom is -0.406 e. The molecule has 2 unspecified atom stereocenters. The number of ether oxygens (including phenoxy) is 1. The third-order valence-corrected chi connectivity index (χ3v) is 10.5. The number of hydrogen-bond acceptors (Lipinski definition) is 8. The fourth-order valence-corrected chi connectivity index (χ4v) is 7.90. The predicted molar refractivity (Wildman–Crippen MR) is 153 cm³/mol. The number of sulfonamides is 2. The summed E-state index contributed by atoms with van der Waals surface area (Å²) in [6.07, 6.45) is -1.73. The Hall–Kier alpha value is -2.70. The molecule has 2 aliphatic heterocycles. The van der Waals surface area contributed by atoms with Crippen LogP contribution in [0, 0.1) is 0 Å². The summed E-state index contributed by atoms with van der Waals surface area (Å²) in [5, 5.41) is 0.951. The molecule has 3 heterocycles. The SMILES string of the molecule is O=C1C(NS(=O)(=O)/C=C/c2ccc(Cl)s2)CCCN1CC(=O)N1CCCC1CNS(=O)(=O)c1ccc(OC(F)(F)F)cc1. The van der Waals surface area contributed by atoms with Crippen LogP contribution < -0.4 is 14.2 Å². The summed E-state index contributed by atoms with van der Waals surface area (Å²) in [5.74, 6) is -1.52. The van der Waals surface area contributed by atoms with Crippen molar-refractivity contribution in [1.82, 2.24) is 19.2 Å². The van der Waals surface area contributed by atoms with E-state index in [1.165, 1.54) is 27.2 Å². The van der Waals surface area contributed by atoms with Crippen molar-refractivity contribution in [2.75, 3.05) is 26.2 Å². The molecule has 0 aliphatic carbocycles. The van der Waals surface area contributed by atoms with Crippen molar-refractivity contribution >= 4 is 60.9 Å². The van der Waals surface area contributed by atoms with Crippen molar-refractivity contribution in [3.63, 3.8) is 0 Å². The molecule has 4 rings (SSSR count). The number of thiophene rings is 1. The first-order valence-electron chi connectivity index (χ1n) is 13.0. The summed E-state index contributed by atoms with van der Waals surface area (Å²) in [4.78, 5) is 29.3. The van der Waals surface area contributed by atoms with Crippen molar-refractivity contribution in [2.45, 2.75) is 49.0 Å². The second-order valence-electron chi connectivity index (χ2n) is 9.82. The third kappa shape index (κ3) is 9.39. The molecule has 2 atom stereocenters. The number of carbonyl (C=O) groups excluding carboxylic acids is 2. The van der Waals surface area contributed by atoms with Gasteiger partial charge >= 0.3 is 6.36 Å². The van der Waals surface area contributed by atoms with Gasteiger partial charge in [0.25, 0.3) is 0 Å². The molecule has 236 valence electrons. The van der Waals surface area contributed by atoms with Crippen molar-refractivity contribution < 1.29 is 44.3 Å². The summed E-state index contributed by atoms with van der Waals surface area (Å²) in [7, 11) is -8.07. The average Bonchev–Trinajstić information content (AvgIpc) is 3.57. The minimum absolute atomic E-state index is 0.146. The highest BCUT2D eigenvalue weighted by molar-refractivity contribution is 7.92. The van der Waals surface area contributed by atoms with Crippen LogP contribution in [-0.4, -0.2) is 83.1 Å². The summed E-state index contributed by atoms with van der Waals surface area (Å²) in [6, 6.07) is 5.44. The lowest BCUT2D eigenvalue weighted by molar-refractivity contribution is -0.274. The first-order valence-corrected chi connectivity index (χ1v) is 17.2. The Balaban J connectivity index is 1.32. The smallest absolute Gasteiger partial charge is 0.406 e. The number of hydrogen-bond donors (Lipinski definition) is 2. The molecule has 2 amide bonds. The van der Waals surface area contributed by atoms with E-state index in [0.29, 0.717) is 35.0 Å². The molecule has 2 aliphatic rings. The Morgan fingerprint density at radius 1 is 1.07 bits per heavy atom.